The number of carbonyl (C=O) groups is 1. The van der Waals surface area contributed by atoms with Crippen LogP contribution in [-0.2, 0) is 0 Å². The fourth-order valence-electron chi connectivity index (χ4n) is 2.37. The van der Waals surface area contributed by atoms with Crippen molar-refractivity contribution in [3.8, 4) is 5.75 Å². The molecule has 2 aromatic carbocycles. The van der Waals surface area contributed by atoms with Gasteiger partial charge in [0.2, 0.25) is 5.95 Å². The van der Waals surface area contributed by atoms with Gasteiger partial charge in [-0.2, -0.15) is 0 Å². The van der Waals surface area contributed by atoms with Crippen LogP contribution >= 0.6 is 0 Å². The van der Waals surface area contributed by atoms with Gasteiger partial charge in [0.15, 0.2) is 0 Å². The van der Waals surface area contributed by atoms with E-state index >= 15 is 0 Å². The molecule has 0 aliphatic rings. The molecule has 0 radical (unpaired) electrons. The van der Waals surface area contributed by atoms with Gasteiger partial charge < -0.3 is 15.4 Å². The number of amides is 1. The predicted octanol–water partition coefficient (Wildman–Crippen LogP) is 4.54. The van der Waals surface area contributed by atoms with Crippen LogP contribution in [0.5, 0.6) is 5.75 Å². The molecule has 0 saturated carbocycles. The smallest absolute Gasteiger partial charge is 0.274 e. The van der Waals surface area contributed by atoms with Crippen LogP contribution < -0.4 is 15.4 Å². The van der Waals surface area contributed by atoms with Crippen molar-refractivity contribution < 1.29 is 18.3 Å². The Labute approximate surface area is 160 Å². The molecular formula is C20H18F2N4O2. The fraction of sp³-hybridized carbons (Fsp3) is 0.150. The van der Waals surface area contributed by atoms with Gasteiger partial charge in [0.05, 0.1) is 17.5 Å². The maximum absolute atomic E-state index is 13.8. The summed E-state index contributed by atoms with van der Waals surface area (Å²) < 4.78 is 32.5. The van der Waals surface area contributed by atoms with Crippen LogP contribution in [0, 0.1) is 11.6 Å². The van der Waals surface area contributed by atoms with Crippen LogP contribution in [0.2, 0.25) is 0 Å². The van der Waals surface area contributed by atoms with Crippen molar-refractivity contribution in [3.05, 3.63) is 72.1 Å². The second-order valence-electron chi connectivity index (χ2n) is 6.13. The van der Waals surface area contributed by atoms with Gasteiger partial charge in [-0.05, 0) is 44.2 Å². The maximum atomic E-state index is 13.8. The van der Waals surface area contributed by atoms with Crippen LogP contribution in [0.4, 0.5) is 26.1 Å². The summed E-state index contributed by atoms with van der Waals surface area (Å²) in [6.45, 7) is 3.77. The molecule has 2 N–H and O–H groups in total. The van der Waals surface area contributed by atoms with Gasteiger partial charge in [-0.1, -0.05) is 12.1 Å². The number of ether oxygens (including phenoxy) is 1. The third-order valence-corrected chi connectivity index (χ3v) is 3.56. The molecule has 144 valence electrons. The summed E-state index contributed by atoms with van der Waals surface area (Å²) in [6.07, 6.45) is 1.31. The number of benzene rings is 2. The molecule has 0 fully saturated rings. The summed E-state index contributed by atoms with van der Waals surface area (Å²) in [5, 5.41) is 5.36. The third kappa shape index (κ3) is 4.79. The predicted molar refractivity (Wildman–Crippen MR) is 102 cm³/mol. The molecular weight excluding hydrogens is 366 g/mol. The van der Waals surface area contributed by atoms with E-state index in [9.17, 15) is 13.6 Å². The number of carbonyl (C=O) groups excluding carboxylic acids is 1. The van der Waals surface area contributed by atoms with Crippen LogP contribution in [0.1, 0.15) is 24.3 Å². The number of rotatable bonds is 6. The summed E-state index contributed by atoms with van der Waals surface area (Å²) >= 11 is 0. The Balaban J connectivity index is 1.78. The minimum Gasteiger partial charge on any atom is -0.489 e. The first-order chi connectivity index (χ1) is 13.4. The highest BCUT2D eigenvalue weighted by Gasteiger charge is 2.13. The molecule has 0 atom stereocenters. The van der Waals surface area contributed by atoms with E-state index in [1.165, 1.54) is 18.3 Å². The topological polar surface area (TPSA) is 76.1 Å². The lowest BCUT2D eigenvalue weighted by molar-refractivity contribution is 0.102. The minimum absolute atomic E-state index is 0.00451. The SMILES string of the molecule is CC(C)Oc1ccccc1NC(=O)c1ccnc(Nc2ccc(F)cc2F)n1. The Bertz CT molecular complexity index is 995. The summed E-state index contributed by atoms with van der Waals surface area (Å²) in [4.78, 5) is 20.6. The van der Waals surface area contributed by atoms with Gasteiger partial charge in [-0.25, -0.2) is 18.7 Å². The van der Waals surface area contributed by atoms with E-state index in [0.717, 1.165) is 12.1 Å². The second kappa shape index (κ2) is 8.43. The highest BCUT2D eigenvalue weighted by atomic mass is 19.1. The Morgan fingerprint density at radius 1 is 1.07 bits per heavy atom. The first-order valence-electron chi connectivity index (χ1n) is 8.54. The van der Waals surface area contributed by atoms with Crippen molar-refractivity contribution in [2.24, 2.45) is 0 Å². The van der Waals surface area contributed by atoms with Crippen LogP contribution in [0.15, 0.2) is 54.7 Å². The summed E-state index contributed by atoms with van der Waals surface area (Å²) in [5.41, 5.74) is 0.563. The van der Waals surface area contributed by atoms with E-state index in [0.29, 0.717) is 11.4 Å². The van der Waals surface area contributed by atoms with Gasteiger partial charge in [0.1, 0.15) is 23.1 Å². The molecule has 1 aromatic heterocycles. The first kappa shape index (κ1) is 19.2. The molecule has 28 heavy (non-hydrogen) atoms. The van der Waals surface area contributed by atoms with Crippen LogP contribution in [0.3, 0.4) is 0 Å². The average molecular weight is 384 g/mol. The summed E-state index contributed by atoms with van der Waals surface area (Å²) in [6, 6.07) is 11.5. The van der Waals surface area contributed by atoms with E-state index in [4.69, 9.17) is 4.74 Å². The highest BCUT2D eigenvalue weighted by molar-refractivity contribution is 6.03. The number of nitrogens with one attached hydrogen (secondary N) is 2. The van der Waals surface area contributed by atoms with Crippen molar-refractivity contribution >= 4 is 23.2 Å². The molecule has 1 amide bonds. The van der Waals surface area contributed by atoms with Crippen LogP contribution in [0.25, 0.3) is 0 Å². The molecule has 3 rings (SSSR count). The number of aromatic nitrogens is 2. The van der Waals surface area contributed by atoms with E-state index in [-0.39, 0.29) is 23.4 Å². The molecule has 0 aliphatic heterocycles. The minimum atomic E-state index is -0.793. The highest BCUT2D eigenvalue weighted by Crippen LogP contribution is 2.25. The van der Waals surface area contributed by atoms with Crippen LogP contribution in [-0.4, -0.2) is 22.0 Å². The molecule has 0 unspecified atom stereocenters. The van der Waals surface area contributed by atoms with Crippen molar-refractivity contribution in [1.29, 1.82) is 0 Å². The van der Waals surface area contributed by atoms with Crippen molar-refractivity contribution in [2.45, 2.75) is 20.0 Å². The Morgan fingerprint density at radius 3 is 2.61 bits per heavy atom. The maximum Gasteiger partial charge on any atom is 0.274 e. The standard InChI is InChI=1S/C20H18F2N4O2/c1-12(2)28-18-6-4-3-5-16(18)24-19(27)17-9-10-23-20(26-17)25-15-8-7-13(21)11-14(15)22/h3-12H,1-2H3,(H,24,27)(H,23,25,26). The van der Waals surface area contributed by atoms with E-state index in [1.807, 2.05) is 13.8 Å². The fourth-order valence-corrected chi connectivity index (χ4v) is 2.37. The number of para-hydroxylation sites is 2. The average Bonchev–Trinajstić information content (AvgIpc) is 2.65. The van der Waals surface area contributed by atoms with Crippen molar-refractivity contribution in [1.82, 2.24) is 9.97 Å². The monoisotopic (exact) mass is 384 g/mol. The lowest BCUT2D eigenvalue weighted by atomic mass is 10.2. The quantitative estimate of drug-likeness (QED) is 0.653. The molecule has 3 aromatic rings. The number of hydrogen-bond donors (Lipinski definition) is 2. The van der Waals surface area contributed by atoms with E-state index < -0.39 is 17.5 Å². The number of hydrogen-bond acceptors (Lipinski definition) is 5. The molecule has 0 saturated heterocycles. The largest absolute Gasteiger partial charge is 0.489 e. The Morgan fingerprint density at radius 2 is 1.86 bits per heavy atom. The van der Waals surface area contributed by atoms with Crippen molar-refractivity contribution in [3.63, 3.8) is 0 Å². The Kier molecular flexibility index (Phi) is 5.78. The lowest BCUT2D eigenvalue weighted by Gasteiger charge is -2.14. The molecule has 0 aliphatic carbocycles. The molecule has 0 bridgehead atoms. The van der Waals surface area contributed by atoms with E-state index in [1.54, 1.807) is 24.3 Å². The van der Waals surface area contributed by atoms with Crippen molar-refractivity contribution in [2.75, 3.05) is 10.6 Å². The molecule has 1 heterocycles. The first-order valence-corrected chi connectivity index (χ1v) is 8.54. The number of anilines is 3. The van der Waals surface area contributed by atoms with Gasteiger partial charge in [0, 0.05) is 12.3 Å². The number of halogens is 2. The zero-order valence-corrected chi connectivity index (χ0v) is 15.2. The van der Waals surface area contributed by atoms with Gasteiger partial charge in [0.25, 0.3) is 5.91 Å². The Hall–Kier alpha value is -3.55. The van der Waals surface area contributed by atoms with E-state index in [2.05, 4.69) is 20.6 Å². The second-order valence-corrected chi connectivity index (χ2v) is 6.13. The van der Waals surface area contributed by atoms with Gasteiger partial charge in [-0.15, -0.1) is 0 Å². The third-order valence-electron chi connectivity index (χ3n) is 3.56. The number of nitrogens with zero attached hydrogens (tertiary/aromatic N) is 2. The summed E-state index contributed by atoms with van der Waals surface area (Å²) in [5.74, 6) is -1.43. The summed E-state index contributed by atoms with van der Waals surface area (Å²) in [7, 11) is 0. The zero-order valence-electron chi connectivity index (χ0n) is 15.2. The zero-order chi connectivity index (χ0) is 20.1. The molecule has 0 spiro atoms. The lowest BCUT2D eigenvalue weighted by Crippen LogP contribution is -2.16. The van der Waals surface area contributed by atoms with Gasteiger partial charge >= 0.3 is 0 Å². The normalized spacial score (nSPS) is 10.6. The molecule has 8 heteroatoms. The van der Waals surface area contributed by atoms with Gasteiger partial charge in [-0.3, -0.25) is 4.79 Å². The molecule has 6 nitrogen and oxygen atoms in total.